The van der Waals surface area contributed by atoms with E-state index in [0.717, 1.165) is 17.5 Å². The van der Waals surface area contributed by atoms with Crippen LogP contribution in [0.5, 0.6) is 11.5 Å². The highest BCUT2D eigenvalue weighted by Crippen LogP contribution is 2.58. The monoisotopic (exact) mass is 947 g/mol. The number of rotatable bonds is 20. The molecule has 4 heterocycles. The van der Waals surface area contributed by atoms with Gasteiger partial charge in [0.2, 0.25) is 11.8 Å². The molecule has 4 aliphatic rings. The normalized spacial score (nSPS) is 25.7. The van der Waals surface area contributed by atoms with Crippen LogP contribution in [0.4, 0.5) is 0 Å². The van der Waals surface area contributed by atoms with Crippen molar-refractivity contribution in [1.82, 2.24) is 9.80 Å². The predicted molar refractivity (Wildman–Crippen MR) is 254 cm³/mol. The largest absolute Gasteiger partial charge is 0.487 e. The minimum absolute atomic E-state index is 0.0178. The van der Waals surface area contributed by atoms with Crippen LogP contribution in [0.15, 0.2) is 36.4 Å². The van der Waals surface area contributed by atoms with Crippen LogP contribution in [0.2, 0.25) is 0 Å². The molecule has 0 spiro atoms. The lowest BCUT2D eigenvalue weighted by molar-refractivity contribution is -0.233. The molecule has 7 atom stereocenters. The lowest BCUT2D eigenvalue weighted by Crippen LogP contribution is -2.68. The second kappa shape index (κ2) is 19.8. The second-order valence-electron chi connectivity index (χ2n) is 21.0. The van der Waals surface area contributed by atoms with Gasteiger partial charge in [0.1, 0.15) is 28.3 Å². The van der Waals surface area contributed by atoms with E-state index in [0.29, 0.717) is 80.7 Å². The molecule has 0 radical (unpaired) electrons. The highest BCUT2D eigenvalue weighted by molar-refractivity contribution is 7.47. The summed E-state index contributed by atoms with van der Waals surface area (Å²) >= 11 is 0. The minimum Gasteiger partial charge on any atom is -0.487 e. The Morgan fingerprint density at radius 2 is 1.39 bits per heavy atom. The molecule has 0 bridgehead atoms. The summed E-state index contributed by atoms with van der Waals surface area (Å²) in [5, 5.41) is 19.8. The zero-order chi connectivity index (χ0) is 49.4. The van der Waals surface area contributed by atoms with Crippen molar-refractivity contribution in [2.75, 3.05) is 26.3 Å². The number of carbonyl (C=O) groups excluding carboxylic acids is 2. The number of carbonyl (C=O) groups is 2. The Morgan fingerprint density at radius 1 is 0.821 bits per heavy atom. The van der Waals surface area contributed by atoms with Gasteiger partial charge >= 0.3 is 7.82 Å². The SMILES string of the molecule is CCC(C)C1(OCCC(C)(C)OP(=O)(O)OC(C)(CC)CCOC(CC)(CC)[C@H]2[C@H](N3CCCC3=O)c3cc(C#N)ccc3OC2(C)C)[C@H](N2CCCC2=O)c2cc(C#N)ccc2OC1(C)C. The Morgan fingerprint density at radius 3 is 1.91 bits per heavy atom. The predicted octanol–water partition coefficient (Wildman–Crippen LogP) is 10.7. The average molecular weight is 947 g/mol. The van der Waals surface area contributed by atoms with Crippen molar-refractivity contribution in [3.8, 4) is 23.6 Å². The summed E-state index contributed by atoms with van der Waals surface area (Å²) in [6.07, 6.45) is 5.07. The van der Waals surface area contributed by atoms with Gasteiger partial charge in [-0.2, -0.15) is 10.5 Å². The molecule has 0 saturated carbocycles. The zero-order valence-corrected chi connectivity index (χ0v) is 42.9. The Balaban J connectivity index is 1.19. The van der Waals surface area contributed by atoms with Crippen LogP contribution in [0.3, 0.4) is 0 Å². The maximum Gasteiger partial charge on any atom is 0.473 e. The van der Waals surface area contributed by atoms with Crippen molar-refractivity contribution < 1.29 is 47.0 Å². The first kappa shape index (κ1) is 52.4. The van der Waals surface area contributed by atoms with E-state index in [1.165, 1.54) is 0 Å². The molecule has 6 rings (SSSR count). The first-order chi connectivity index (χ1) is 31.4. The molecular weight excluding hydrogens is 872 g/mol. The van der Waals surface area contributed by atoms with E-state index < -0.39 is 53.5 Å². The minimum atomic E-state index is -4.71. The molecule has 4 unspecified atom stereocenters. The number of phosphoric acid groups is 1. The number of likely N-dealkylation sites (tertiary alicyclic amines) is 2. The van der Waals surface area contributed by atoms with Gasteiger partial charge in [-0.3, -0.25) is 18.6 Å². The number of nitriles is 2. The van der Waals surface area contributed by atoms with Gasteiger partial charge < -0.3 is 33.6 Å². The Labute approximate surface area is 399 Å². The molecule has 14 nitrogen and oxygen atoms in total. The summed E-state index contributed by atoms with van der Waals surface area (Å²) in [7, 11) is -4.71. The Hall–Kier alpha value is -4.01. The van der Waals surface area contributed by atoms with Gasteiger partial charge in [0.15, 0.2) is 0 Å². The average Bonchev–Trinajstić information content (AvgIpc) is 3.90. The van der Waals surface area contributed by atoms with Crippen LogP contribution in [-0.4, -0.2) is 86.4 Å². The van der Waals surface area contributed by atoms with Crippen LogP contribution < -0.4 is 9.47 Å². The molecule has 2 saturated heterocycles. The lowest BCUT2D eigenvalue weighted by Gasteiger charge is -2.58. The summed E-state index contributed by atoms with van der Waals surface area (Å²) in [5.74, 6) is 0.880. The summed E-state index contributed by atoms with van der Waals surface area (Å²) in [4.78, 5) is 42.4. The van der Waals surface area contributed by atoms with Crippen LogP contribution in [0.1, 0.15) is 182 Å². The summed E-state index contributed by atoms with van der Waals surface area (Å²) in [6.45, 7) is 24.9. The lowest BCUT2D eigenvalue weighted by atomic mass is 9.65. The molecular formula is C52H75N4O10P. The summed E-state index contributed by atoms with van der Waals surface area (Å²) in [6, 6.07) is 14.3. The molecule has 0 aromatic heterocycles. The Bertz CT molecular complexity index is 2280. The van der Waals surface area contributed by atoms with Crippen LogP contribution >= 0.6 is 7.82 Å². The Kier molecular flexibility index (Phi) is 15.5. The third-order valence-electron chi connectivity index (χ3n) is 15.5. The first-order valence-corrected chi connectivity index (χ1v) is 26.0. The second-order valence-corrected chi connectivity index (χ2v) is 22.3. The van der Waals surface area contributed by atoms with Crippen LogP contribution in [0.25, 0.3) is 0 Å². The topological polar surface area (TPSA) is 181 Å². The van der Waals surface area contributed by atoms with Gasteiger partial charge in [-0.25, -0.2) is 4.57 Å². The number of ether oxygens (including phenoxy) is 4. The smallest absolute Gasteiger partial charge is 0.473 e. The van der Waals surface area contributed by atoms with E-state index in [1.807, 2.05) is 56.6 Å². The maximum absolute atomic E-state index is 14.1. The number of hydrogen-bond acceptors (Lipinski definition) is 11. The molecule has 67 heavy (non-hydrogen) atoms. The molecule has 368 valence electrons. The number of fused-ring (bicyclic) bond motifs is 2. The van der Waals surface area contributed by atoms with E-state index in [-0.39, 0.29) is 49.7 Å². The van der Waals surface area contributed by atoms with E-state index >= 15 is 0 Å². The molecule has 2 aromatic carbocycles. The van der Waals surface area contributed by atoms with Crippen LogP contribution in [0, 0.1) is 34.5 Å². The molecule has 2 fully saturated rings. The van der Waals surface area contributed by atoms with Gasteiger partial charge in [-0.05, 0) is 129 Å². The quantitative estimate of drug-likeness (QED) is 0.124. The van der Waals surface area contributed by atoms with Gasteiger partial charge in [0.05, 0.1) is 71.3 Å². The van der Waals surface area contributed by atoms with Crippen molar-refractivity contribution in [2.24, 2.45) is 11.8 Å². The van der Waals surface area contributed by atoms with Crippen LogP contribution in [-0.2, 0) is 32.7 Å². The zero-order valence-electron chi connectivity index (χ0n) is 42.0. The summed E-state index contributed by atoms with van der Waals surface area (Å²) < 4.78 is 53.8. The molecule has 1 N–H and O–H groups in total. The van der Waals surface area contributed by atoms with Gasteiger partial charge in [0.25, 0.3) is 0 Å². The van der Waals surface area contributed by atoms with Crippen molar-refractivity contribution in [2.45, 2.75) is 193 Å². The number of benzene rings is 2. The maximum atomic E-state index is 14.1. The van der Waals surface area contributed by atoms with Crippen molar-refractivity contribution in [3.05, 3.63) is 58.7 Å². The van der Waals surface area contributed by atoms with Crippen molar-refractivity contribution in [3.63, 3.8) is 0 Å². The van der Waals surface area contributed by atoms with E-state index in [2.05, 4.69) is 39.8 Å². The number of hydrogen-bond donors (Lipinski definition) is 1. The van der Waals surface area contributed by atoms with E-state index in [1.54, 1.807) is 45.0 Å². The highest BCUT2D eigenvalue weighted by atomic mass is 31.2. The highest BCUT2D eigenvalue weighted by Gasteiger charge is 2.63. The van der Waals surface area contributed by atoms with Gasteiger partial charge in [0, 0.05) is 43.5 Å². The molecule has 0 aliphatic carbocycles. The number of phosphoric ester groups is 1. The van der Waals surface area contributed by atoms with Gasteiger partial charge in [-0.15, -0.1) is 0 Å². The molecule has 15 heteroatoms. The first-order valence-electron chi connectivity index (χ1n) is 24.5. The number of amides is 2. The molecule has 4 aliphatic heterocycles. The standard InChI is InChI=1S/C52H75N4O10P/c1-13-35(5)52(46(56-28-18-20-43(56)58)39-32-37(34-54)22-24-41(39)64-49(52,10)11)62-29-25-47(6,7)65-67(59,60)66-50(12,14-2)26-30-61-51(15-3,16-4)45-44(55-27-17-19-42(55)57)38-31-36(33-53)21-23-40(38)63-48(45,8)9/h21-24,31-32,35,44-46H,13-20,25-30H2,1-12H3,(H,59,60)/t35?,44-,45+,46-,50?,52?/m1/s1. The fourth-order valence-corrected chi connectivity index (χ4v) is 13.2. The fourth-order valence-electron chi connectivity index (χ4n) is 11.7. The van der Waals surface area contributed by atoms with Gasteiger partial charge in [-0.1, -0.05) is 41.0 Å². The third kappa shape index (κ3) is 10.2. The van der Waals surface area contributed by atoms with Crippen molar-refractivity contribution in [1.29, 1.82) is 10.5 Å². The fraction of sp³-hybridized carbons (Fsp3) is 0.692. The number of nitrogens with zero attached hydrogens (tertiary/aromatic N) is 4. The van der Waals surface area contributed by atoms with E-state index in [9.17, 15) is 29.6 Å². The molecule has 2 amide bonds. The molecule has 2 aromatic rings. The third-order valence-corrected chi connectivity index (χ3v) is 16.9. The van der Waals surface area contributed by atoms with E-state index in [4.69, 9.17) is 28.0 Å². The summed E-state index contributed by atoms with van der Waals surface area (Å²) in [5.41, 5.74) is -3.43. The van der Waals surface area contributed by atoms with Crippen molar-refractivity contribution >= 4 is 19.6 Å².